The molecule has 0 fully saturated rings. The zero-order valence-electron chi connectivity index (χ0n) is 30.8. The normalized spacial score (nSPS) is 10.8. The molecular formula is C42H39ClF2N8O2. The lowest BCUT2D eigenvalue weighted by Gasteiger charge is -2.09. The monoisotopic (exact) mass is 760 g/mol. The largest absolute Gasteiger partial charge is 0.508 e. The number of hydrogen-bond donors (Lipinski definition) is 1. The molecule has 10 nitrogen and oxygen atoms in total. The Bertz CT molecular complexity index is 2470. The SMILES string of the molecule is CCCc1nn(C)c2c(Cl)nc(-c3ccccc3)nc12.CCCc1nn(C)c2c(Oc3ccc(F)cc3)nc(-c3ccccc3)nc12.Oc1ccc(F)cc1. The Kier molecular flexibility index (Phi) is 12.4. The van der Waals surface area contributed by atoms with Crippen molar-refractivity contribution < 1.29 is 18.6 Å². The zero-order chi connectivity index (χ0) is 38.9. The number of ether oxygens (including phenoxy) is 1. The maximum atomic E-state index is 13.2. The molecule has 280 valence electrons. The highest BCUT2D eigenvalue weighted by atomic mass is 35.5. The Morgan fingerprint density at radius 1 is 0.600 bits per heavy atom. The van der Waals surface area contributed by atoms with Gasteiger partial charge < -0.3 is 9.84 Å². The number of rotatable bonds is 8. The van der Waals surface area contributed by atoms with E-state index < -0.39 is 0 Å². The number of aromatic hydroxyl groups is 1. The molecule has 55 heavy (non-hydrogen) atoms. The van der Waals surface area contributed by atoms with E-state index in [1.165, 1.54) is 36.4 Å². The highest BCUT2D eigenvalue weighted by Crippen LogP contribution is 2.32. The van der Waals surface area contributed by atoms with E-state index in [4.69, 9.17) is 26.4 Å². The van der Waals surface area contributed by atoms with Crippen LogP contribution in [0.4, 0.5) is 8.78 Å². The van der Waals surface area contributed by atoms with Crippen molar-refractivity contribution >= 4 is 33.7 Å². The predicted molar refractivity (Wildman–Crippen MR) is 211 cm³/mol. The number of fused-ring (bicyclic) bond motifs is 2. The van der Waals surface area contributed by atoms with E-state index in [9.17, 15) is 8.78 Å². The minimum atomic E-state index is -0.331. The first-order valence-corrected chi connectivity index (χ1v) is 18.1. The molecular weight excluding hydrogens is 722 g/mol. The van der Waals surface area contributed by atoms with Crippen molar-refractivity contribution in [2.75, 3.05) is 0 Å². The minimum absolute atomic E-state index is 0.0893. The van der Waals surface area contributed by atoms with Crippen molar-refractivity contribution in [3.63, 3.8) is 0 Å². The van der Waals surface area contributed by atoms with Gasteiger partial charge in [0, 0.05) is 25.2 Å². The van der Waals surface area contributed by atoms with E-state index >= 15 is 0 Å². The molecule has 0 atom stereocenters. The molecule has 4 heterocycles. The van der Waals surface area contributed by atoms with E-state index in [0.29, 0.717) is 28.4 Å². The van der Waals surface area contributed by atoms with Crippen LogP contribution in [0.3, 0.4) is 0 Å². The third-order valence-electron chi connectivity index (χ3n) is 8.32. The topological polar surface area (TPSA) is 117 Å². The van der Waals surface area contributed by atoms with Gasteiger partial charge in [0.25, 0.3) is 0 Å². The van der Waals surface area contributed by atoms with Crippen LogP contribution < -0.4 is 4.74 Å². The third-order valence-corrected chi connectivity index (χ3v) is 8.58. The number of benzene rings is 4. The van der Waals surface area contributed by atoms with E-state index in [-0.39, 0.29) is 17.4 Å². The average molecular weight is 761 g/mol. The second kappa shape index (κ2) is 17.7. The van der Waals surface area contributed by atoms with Crippen LogP contribution in [-0.4, -0.2) is 44.6 Å². The van der Waals surface area contributed by atoms with Crippen molar-refractivity contribution in [2.24, 2.45) is 14.1 Å². The lowest BCUT2D eigenvalue weighted by molar-refractivity contribution is 0.463. The minimum Gasteiger partial charge on any atom is -0.508 e. The molecule has 4 aromatic heterocycles. The molecule has 0 saturated heterocycles. The summed E-state index contributed by atoms with van der Waals surface area (Å²) >= 11 is 6.32. The third kappa shape index (κ3) is 9.28. The van der Waals surface area contributed by atoms with Crippen molar-refractivity contribution in [2.45, 2.75) is 39.5 Å². The van der Waals surface area contributed by atoms with Gasteiger partial charge in [-0.05, 0) is 61.4 Å². The molecule has 0 radical (unpaired) electrons. The average Bonchev–Trinajstić information content (AvgIpc) is 3.70. The molecule has 8 aromatic rings. The first kappa shape index (κ1) is 38.5. The Labute approximate surface area is 322 Å². The molecule has 0 spiro atoms. The van der Waals surface area contributed by atoms with E-state index in [1.807, 2.05) is 74.8 Å². The quantitative estimate of drug-likeness (QED) is 0.152. The lowest BCUT2D eigenvalue weighted by atomic mass is 10.2. The molecule has 0 saturated carbocycles. The molecule has 4 aromatic carbocycles. The van der Waals surface area contributed by atoms with Crippen LogP contribution >= 0.6 is 11.6 Å². The number of halogens is 3. The molecule has 0 aliphatic rings. The van der Waals surface area contributed by atoms with E-state index in [0.717, 1.165) is 70.3 Å². The van der Waals surface area contributed by atoms with Crippen LogP contribution in [0, 0.1) is 11.6 Å². The Balaban J connectivity index is 0.000000160. The molecule has 8 rings (SSSR count). The van der Waals surface area contributed by atoms with Crippen molar-refractivity contribution in [1.29, 1.82) is 0 Å². The summed E-state index contributed by atoms with van der Waals surface area (Å²) in [6.07, 6.45) is 3.69. The lowest BCUT2D eigenvalue weighted by Crippen LogP contribution is -1.99. The van der Waals surface area contributed by atoms with Crippen molar-refractivity contribution in [1.82, 2.24) is 39.5 Å². The van der Waals surface area contributed by atoms with Gasteiger partial charge in [0.15, 0.2) is 16.8 Å². The van der Waals surface area contributed by atoms with Crippen LogP contribution in [-0.2, 0) is 26.9 Å². The van der Waals surface area contributed by atoms with Gasteiger partial charge in [-0.15, -0.1) is 0 Å². The summed E-state index contributed by atoms with van der Waals surface area (Å²) in [5.74, 6) is 1.58. The molecule has 0 bridgehead atoms. The van der Waals surface area contributed by atoms with Gasteiger partial charge in [0.05, 0.1) is 11.4 Å². The maximum Gasteiger partial charge on any atom is 0.249 e. The van der Waals surface area contributed by atoms with Gasteiger partial charge in [0.1, 0.15) is 45.2 Å². The fourth-order valence-electron chi connectivity index (χ4n) is 5.77. The summed E-state index contributed by atoms with van der Waals surface area (Å²) in [6.45, 7) is 4.23. The van der Waals surface area contributed by atoms with Gasteiger partial charge in [0.2, 0.25) is 5.88 Å². The summed E-state index contributed by atoms with van der Waals surface area (Å²) in [6, 6.07) is 30.5. The first-order valence-electron chi connectivity index (χ1n) is 17.8. The van der Waals surface area contributed by atoms with Crippen LogP contribution in [0.25, 0.3) is 44.8 Å². The standard InChI is InChI=1S/C21H19FN4O.C15H15ClN4.C6H5FO/c1-3-7-17-18-19(26(2)25-17)21(27-16-12-10-15(22)11-13-16)24-20(23-18)14-8-5-4-6-9-14;1-3-7-11-12-13(20(2)19-11)14(16)18-15(17-12)10-8-5-4-6-9-10;7-5-1-3-6(8)4-2-5/h4-6,8-13H,3,7H2,1-2H3;4-6,8-9H,3,7H2,1-2H3;1-4,8H. The number of hydrogen-bond acceptors (Lipinski definition) is 8. The number of phenolic OH excluding ortho intramolecular Hbond substituents is 1. The fraction of sp³-hybridized carbons (Fsp3) is 0.190. The van der Waals surface area contributed by atoms with Crippen molar-refractivity contribution in [3.05, 3.63) is 137 Å². The number of aromatic nitrogens is 8. The summed E-state index contributed by atoms with van der Waals surface area (Å²) in [5.41, 5.74) is 6.91. The van der Waals surface area contributed by atoms with Crippen LogP contribution in [0.15, 0.2) is 109 Å². The zero-order valence-corrected chi connectivity index (χ0v) is 31.5. The Morgan fingerprint density at radius 3 is 1.55 bits per heavy atom. The molecule has 1 N–H and O–H groups in total. The van der Waals surface area contributed by atoms with Gasteiger partial charge in [-0.25, -0.2) is 23.7 Å². The second-order valence-corrected chi connectivity index (χ2v) is 12.8. The van der Waals surface area contributed by atoms with Gasteiger partial charge in [-0.3, -0.25) is 9.36 Å². The molecule has 0 aliphatic carbocycles. The highest BCUT2D eigenvalue weighted by Gasteiger charge is 2.20. The number of nitrogens with zero attached hydrogens (tertiary/aromatic N) is 8. The Hall–Kier alpha value is -6.27. The van der Waals surface area contributed by atoms with Gasteiger partial charge in [-0.1, -0.05) is 99.0 Å². The molecule has 13 heteroatoms. The summed E-state index contributed by atoms with van der Waals surface area (Å²) < 4.78 is 34.7. The van der Waals surface area contributed by atoms with Gasteiger partial charge >= 0.3 is 0 Å². The summed E-state index contributed by atoms with van der Waals surface area (Å²) in [5, 5.41) is 18.1. The number of aryl methyl sites for hydroxylation is 4. The molecule has 0 unspecified atom stereocenters. The van der Waals surface area contributed by atoms with Gasteiger partial charge in [-0.2, -0.15) is 15.2 Å². The summed E-state index contributed by atoms with van der Waals surface area (Å²) in [7, 11) is 3.73. The van der Waals surface area contributed by atoms with E-state index in [2.05, 4.69) is 39.0 Å². The summed E-state index contributed by atoms with van der Waals surface area (Å²) in [4.78, 5) is 18.5. The van der Waals surface area contributed by atoms with Crippen LogP contribution in [0.1, 0.15) is 38.1 Å². The van der Waals surface area contributed by atoms with Crippen molar-refractivity contribution in [3.8, 4) is 40.2 Å². The Morgan fingerprint density at radius 2 is 1.05 bits per heavy atom. The molecule has 0 aliphatic heterocycles. The maximum absolute atomic E-state index is 13.2. The van der Waals surface area contributed by atoms with Crippen LogP contribution in [0.2, 0.25) is 5.15 Å². The second-order valence-electron chi connectivity index (χ2n) is 12.5. The predicted octanol–water partition coefficient (Wildman–Crippen LogP) is 10.1. The van der Waals surface area contributed by atoms with Crippen LogP contribution in [0.5, 0.6) is 17.4 Å². The fourth-order valence-corrected chi connectivity index (χ4v) is 6.06. The highest BCUT2D eigenvalue weighted by molar-refractivity contribution is 6.33. The number of phenols is 1. The van der Waals surface area contributed by atoms with E-state index in [1.54, 1.807) is 21.5 Å². The smallest absolute Gasteiger partial charge is 0.249 e. The molecule has 0 amide bonds. The first-order chi connectivity index (χ1) is 26.6.